The second-order valence-corrected chi connectivity index (χ2v) is 18.4. The number of benzene rings is 4. The minimum atomic E-state index is -2.56. The van der Waals surface area contributed by atoms with Gasteiger partial charge in [0.05, 0.1) is 5.56 Å². The number of carbonyl (C=O) groups is 2. The first-order valence-corrected chi connectivity index (χ1v) is 18.8. The standard InChI is InChI=1S/C41H50O7Si/c1-31(42)47-36(30-45-35-26-22-33(23-27-35)39(43)48-40(2,3)4)29-44-34-24-20-32(21-25-34)15-14-28-46-49(41(5,6)7,37-16-10-8-11-17-37)38-18-12-9-13-19-38/h8-13,16-27,36H,14-15,28-30H2,1-7H3. The van der Waals surface area contributed by atoms with Gasteiger partial charge in [-0.3, -0.25) is 4.79 Å². The van der Waals surface area contributed by atoms with Crippen molar-refractivity contribution in [2.75, 3.05) is 19.8 Å². The molecule has 4 aromatic rings. The average Bonchev–Trinajstić information content (AvgIpc) is 3.06. The van der Waals surface area contributed by atoms with Crippen molar-refractivity contribution in [3.8, 4) is 11.5 Å². The Morgan fingerprint density at radius 1 is 0.673 bits per heavy atom. The van der Waals surface area contributed by atoms with Gasteiger partial charge in [0.1, 0.15) is 30.3 Å². The molecule has 4 rings (SSSR count). The summed E-state index contributed by atoms with van der Waals surface area (Å²) in [5.74, 6) is 0.381. The van der Waals surface area contributed by atoms with Gasteiger partial charge in [0.25, 0.3) is 8.32 Å². The summed E-state index contributed by atoms with van der Waals surface area (Å²) in [4.78, 5) is 24.1. The van der Waals surface area contributed by atoms with Crippen LogP contribution in [0.1, 0.15) is 70.8 Å². The molecular weight excluding hydrogens is 633 g/mol. The third-order valence-electron chi connectivity index (χ3n) is 7.96. The molecule has 0 amide bonds. The fourth-order valence-corrected chi connectivity index (χ4v) is 10.4. The SMILES string of the molecule is CC(=O)OC(COc1ccc(CCCO[Si](c2ccccc2)(c2ccccc2)C(C)(C)C)cc1)COc1ccc(C(=O)OC(C)(C)C)cc1. The summed E-state index contributed by atoms with van der Waals surface area (Å²) >= 11 is 0. The van der Waals surface area contributed by atoms with E-state index in [1.54, 1.807) is 24.3 Å². The third-order valence-corrected chi connectivity index (χ3v) is 13.0. The Kier molecular flexibility index (Phi) is 12.8. The van der Waals surface area contributed by atoms with Gasteiger partial charge in [0.15, 0.2) is 6.10 Å². The van der Waals surface area contributed by atoms with Crippen molar-refractivity contribution in [2.24, 2.45) is 0 Å². The van der Waals surface area contributed by atoms with Crippen molar-refractivity contribution in [3.63, 3.8) is 0 Å². The van der Waals surface area contributed by atoms with E-state index in [0.29, 0.717) is 23.7 Å². The van der Waals surface area contributed by atoms with E-state index < -0.39 is 32.0 Å². The van der Waals surface area contributed by atoms with Crippen molar-refractivity contribution >= 4 is 30.6 Å². The van der Waals surface area contributed by atoms with Crippen LogP contribution < -0.4 is 19.8 Å². The minimum absolute atomic E-state index is 0.0594. The van der Waals surface area contributed by atoms with E-state index in [2.05, 4.69) is 93.6 Å². The number of aryl methyl sites for hydroxylation is 1. The topological polar surface area (TPSA) is 80.3 Å². The maximum absolute atomic E-state index is 12.3. The molecule has 7 nitrogen and oxygen atoms in total. The Morgan fingerprint density at radius 3 is 1.61 bits per heavy atom. The van der Waals surface area contributed by atoms with Gasteiger partial charge in [0, 0.05) is 13.5 Å². The monoisotopic (exact) mass is 682 g/mol. The zero-order valence-corrected chi connectivity index (χ0v) is 30.9. The molecule has 0 aliphatic carbocycles. The highest BCUT2D eigenvalue weighted by atomic mass is 28.4. The van der Waals surface area contributed by atoms with E-state index >= 15 is 0 Å². The first kappa shape index (κ1) is 37.4. The van der Waals surface area contributed by atoms with Gasteiger partial charge in [-0.2, -0.15) is 0 Å². The Bertz CT molecular complexity index is 1570. The molecule has 49 heavy (non-hydrogen) atoms. The zero-order valence-electron chi connectivity index (χ0n) is 29.9. The van der Waals surface area contributed by atoms with Crippen molar-refractivity contribution in [2.45, 2.75) is 78.1 Å². The van der Waals surface area contributed by atoms with E-state index in [9.17, 15) is 9.59 Å². The lowest BCUT2D eigenvalue weighted by Gasteiger charge is -2.43. The van der Waals surface area contributed by atoms with Crippen LogP contribution in [0.5, 0.6) is 11.5 Å². The van der Waals surface area contributed by atoms with Crippen LogP contribution in [0.3, 0.4) is 0 Å². The van der Waals surface area contributed by atoms with E-state index in [0.717, 1.165) is 12.8 Å². The molecular formula is C41H50O7Si. The molecule has 4 aromatic carbocycles. The summed E-state index contributed by atoms with van der Waals surface area (Å²) in [7, 11) is -2.56. The molecule has 0 saturated heterocycles. The van der Waals surface area contributed by atoms with Crippen LogP contribution in [0.2, 0.25) is 5.04 Å². The van der Waals surface area contributed by atoms with Crippen LogP contribution in [0.25, 0.3) is 0 Å². The van der Waals surface area contributed by atoms with Crippen molar-refractivity contribution in [1.29, 1.82) is 0 Å². The Labute approximate surface area is 292 Å². The molecule has 0 saturated carbocycles. The number of esters is 2. The molecule has 1 unspecified atom stereocenters. The minimum Gasteiger partial charge on any atom is -0.490 e. The first-order chi connectivity index (χ1) is 23.3. The highest BCUT2D eigenvalue weighted by molar-refractivity contribution is 6.99. The highest BCUT2D eigenvalue weighted by Gasteiger charge is 2.49. The molecule has 1 atom stereocenters. The predicted octanol–water partition coefficient (Wildman–Crippen LogP) is 7.54. The lowest BCUT2D eigenvalue weighted by Crippen LogP contribution is -2.66. The summed E-state index contributed by atoms with van der Waals surface area (Å²) in [5.41, 5.74) is 1.04. The Morgan fingerprint density at radius 2 is 1.16 bits per heavy atom. The van der Waals surface area contributed by atoms with Crippen molar-refractivity contribution in [3.05, 3.63) is 120 Å². The van der Waals surface area contributed by atoms with Crippen molar-refractivity contribution < 1.29 is 33.0 Å². The van der Waals surface area contributed by atoms with Gasteiger partial charge in [-0.15, -0.1) is 0 Å². The quantitative estimate of drug-likeness (QED) is 0.0728. The Balaban J connectivity index is 1.30. The fourth-order valence-electron chi connectivity index (χ4n) is 5.77. The van der Waals surface area contributed by atoms with Crippen LogP contribution in [0, 0.1) is 0 Å². The fraction of sp³-hybridized carbons (Fsp3) is 0.366. The van der Waals surface area contributed by atoms with Crippen LogP contribution in [-0.4, -0.2) is 51.8 Å². The number of rotatable bonds is 15. The summed E-state index contributed by atoms with van der Waals surface area (Å²) in [6.07, 6.45) is 1.13. The van der Waals surface area contributed by atoms with Gasteiger partial charge in [-0.1, -0.05) is 93.6 Å². The maximum atomic E-state index is 12.3. The normalized spacial score (nSPS) is 12.6. The van der Waals surface area contributed by atoms with Crippen LogP contribution in [0.15, 0.2) is 109 Å². The van der Waals surface area contributed by atoms with Crippen molar-refractivity contribution in [1.82, 2.24) is 0 Å². The molecule has 0 fully saturated rings. The molecule has 0 aliphatic heterocycles. The molecule has 0 heterocycles. The molecule has 8 heteroatoms. The lowest BCUT2D eigenvalue weighted by molar-refractivity contribution is -0.149. The number of carbonyl (C=O) groups excluding carboxylic acids is 2. The van der Waals surface area contributed by atoms with Gasteiger partial charge >= 0.3 is 11.9 Å². The van der Waals surface area contributed by atoms with Gasteiger partial charge < -0.3 is 23.4 Å². The summed E-state index contributed by atoms with van der Waals surface area (Å²) in [6.45, 7) is 14.6. The average molecular weight is 683 g/mol. The van der Waals surface area contributed by atoms with Gasteiger partial charge in [-0.05, 0) is 91.0 Å². The highest BCUT2D eigenvalue weighted by Crippen LogP contribution is 2.37. The smallest absolute Gasteiger partial charge is 0.338 e. The largest absolute Gasteiger partial charge is 0.490 e. The van der Waals surface area contributed by atoms with Crippen LogP contribution >= 0.6 is 0 Å². The molecule has 0 bridgehead atoms. The first-order valence-electron chi connectivity index (χ1n) is 16.9. The maximum Gasteiger partial charge on any atom is 0.338 e. The van der Waals surface area contributed by atoms with Crippen LogP contribution in [0.4, 0.5) is 0 Å². The lowest BCUT2D eigenvalue weighted by atomic mass is 10.1. The Hall–Kier alpha value is -4.40. The number of hydrogen-bond acceptors (Lipinski definition) is 7. The summed E-state index contributed by atoms with van der Waals surface area (Å²) in [5, 5.41) is 2.50. The molecule has 0 N–H and O–H groups in total. The summed E-state index contributed by atoms with van der Waals surface area (Å²) < 4.78 is 29.7. The molecule has 0 aromatic heterocycles. The molecule has 0 aliphatic rings. The van der Waals surface area contributed by atoms with E-state index in [-0.39, 0.29) is 18.3 Å². The second kappa shape index (κ2) is 16.8. The van der Waals surface area contributed by atoms with E-state index in [4.69, 9.17) is 23.4 Å². The zero-order chi connectivity index (χ0) is 35.5. The number of hydrogen-bond donors (Lipinski definition) is 0. The van der Waals surface area contributed by atoms with Gasteiger partial charge in [0.2, 0.25) is 0 Å². The van der Waals surface area contributed by atoms with E-state index in [1.807, 2.05) is 32.9 Å². The second-order valence-electron chi connectivity index (χ2n) is 14.1. The summed E-state index contributed by atoms with van der Waals surface area (Å²) in [6, 6.07) is 36.0. The molecule has 260 valence electrons. The van der Waals surface area contributed by atoms with Gasteiger partial charge in [-0.25, -0.2) is 4.79 Å². The van der Waals surface area contributed by atoms with E-state index in [1.165, 1.54) is 22.9 Å². The molecule has 0 radical (unpaired) electrons. The third kappa shape index (κ3) is 10.8. The number of ether oxygens (including phenoxy) is 4. The van der Waals surface area contributed by atoms with Crippen LogP contribution in [-0.2, 0) is 25.1 Å². The molecule has 0 spiro atoms. The predicted molar refractivity (Wildman–Crippen MR) is 196 cm³/mol.